The number of esters is 1. The van der Waals surface area contributed by atoms with Gasteiger partial charge >= 0.3 is 5.97 Å². The number of non-ortho nitro benzene ring substituents is 1. The third-order valence-electron chi connectivity index (χ3n) is 4.13. The minimum Gasteiger partial charge on any atom is -0.456 e. The number of fused-ring (bicyclic) bond motifs is 1. The Hall–Kier alpha value is -2.91. The summed E-state index contributed by atoms with van der Waals surface area (Å²) in [5.41, 5.74) is 2.45. The summed E-state index contributed by atoms with van der Waals surface area (Å²) >= 11 is 2.95. The highest BCUT2D eigenvalue weighted by Gasteiger charge is 2.49. The van der Waals surface area contributed by atoms with Gasteiger partial charge in [0.1, 0.15) is 17.7 Å². The predicted octanol–water partition coefficient (Wildman–Crippen LogP) is 3.54. The zero-order chi connectivity index (χ0) is 19.0. The van der Waals surface area contributed by atoms with Crippen LogP contribution >= 0.6 is 23.1 Å². The van der Waals surface area contributed by atoms with Gasteiger partial charge in [0.05, 0.1) is 10.5 Å². The monoisotopic (exact) mass is 400 g/mol. The molecule has 0 saturated carbocycles. The summed E-state index contributed by atoms with van der Waals surface area (Å²) in [4.78, 5) is 36.3. The number of β-lactam (4-membered cyclic amide) rings is 1. The SMILES string of the molecule is O=C(OCc1ccc([N+](=O)[O-])cc1)C1=CSC2C(=Cc3ccsc3)C(=O)N12. The van der Waals surface area contributed by atoms with Gasteiger partial charge in [-0.2, -0.15) is 11.3 Å². The predicted molar refractivity (Wildman–Crippen MR) is 101 cm³/mol. The number of amides is 1. The van der Waals surface area contributed by atoms with Gasteiger partial charge in [-0.15, -0.1) is 11.8 Å². The summed E-state index contributed by atoms with van der Waals surface area (Å²) in [7, 11) is 0. The molecule has 0 radical (unpaired) electrons. The summed E-state index contributed by atoms with van der Waals surface area (Å²) in [5.74, 6) is -0.791. The number of carbonyl (C=O) groups excluding carboxylic acids is 2. The number of rotatable bonds is 5. The zero-order valence-corrected chi connectivity index (χ0v) is 15.4. The van der Waals surface area contributed by atoms with E-state index in [9.17, 15) is 19.7 Å². The molecule has 1 saturated heterocycles. The number of nitro groups is 1. The number of ether oxygens (including phenoxy) is 1. The van der Waals surface area contributed by atoms with E-state index in [0.29, 0.717) is 11.1 Å². The fraction of sp³-hybridized carbons (Fsp3) is 0.111. The molecule has 3 heterocycles. The van der Waals surface area contributed by atoms with Crippen molar-refractivity contribution in [2.75, 3.05) is 0 Å². The fourth-order valence-electron chi connectivity index (χ4n) is 2.73. The highest BCUT2D eigenvalue weighted by molar-refractivity contribution is 8.03. The smallest absolute Gasteiger partial charge is 0.355 e. The Bertz CT molecular complexity index is 980. The molecule has 1 amide bonds. The standard InChI is InChI=1S/C18H12N2O5S2/c21-16-14(7-12-5-6-26-9-12)17-19(16)15(10-27-17)18(22)25-8-11-1-3-13(4-2-11)20(23)24/h1-7,9-10,17H,8H2. The van der Waals surface area contributed by atoms with Crippen LogP contribution in [0.25, 0.3) is 6.08 Å². The highest BCUT2D eigenvalue weighted by atomic mass is 32.2. The van der Waals surface area contributed by atoms with Gasteiger partial charge in [0.2, 0.25) is 0 Å². The van der Waals surface area contributed by atoms with E-state index >= 15 is 0 Å². The maximum atomic E-state index is 12.4. The van der Waals surface area contributed by atoms with Crippen molar-refractivity contribution in [3.8, 4) is 0 Å². The van der Waals surface area contributed by atoms with E-state index in [2.05, 4.69) is 0 Å². The van der Waals surface area contributed by atoms with E-state index in [1.54, 1.807) is 16.7 Å². The average molecular weight is 400 g/mol. The Morgan fingerprint density at radius 3 is 2.74 bits per heavy atom. The molecule has 1 unspecified atom stereocenters. The van der Waals surface area contributed by atoms with Crippen LogP contribution in [-0.4, -0.2) is 27.1 Å². The lowest BCUT2D eigenvalue weighted by molar-refractivity contribution is -0.384. The molecule has 0 aliphatic carbocycles. The Morgan fingerprint density at radius 2 is 2.07 bits per heavy atom. The molecule has 27 heavy (non-hydrogen) atoms. The number of nitrogens with zero attached hydrogens (tertiary/aromatic N) is 2. The van der Waals surface area contributed by atoms with Crippen LogP contribution in [0.2, 0.25) is 0 Å². The van der Waals surface area contributed by atoms with Gasteiger partial charge in [-0.25, -0.2) is 4.79 Å². The maximum absolute atomic E-state index is 12.4. The number of hydrogen-bond acceptors (Lipinski definition) is 7. The first-order valence-corrected chi connectivity index (χ1v) is 9.76. The third-order valence-corrected chi connectivity index (χ3v) is 5.91. The molecule has 4 rings (SSSR count). The van der Waals surface area contributed by atoms with Crippen molar-refractivity contribution in [3.63, 3.8) is 0 Å². The van der Waals surface area contributed by atoms with Crippen LogP contribution in [0, 0.1) is 10.1 Å². The molecule has 136 valence electrons. The van der Waals surface area contributed by atoms with Gasteiger partial charge in [0, 0.05) is 17.5 Å². The van der Waals surface area contributed by atoms with Gasteiger partial charge < -0.3 is 4.74 Å². The maximum Gasteiger partial charge on any atom is 0.355 e. The number of thioether (sulfide) groups is 1. The molecular weight excluding hydrogens is 388 g/mol. The Morgan fingerprint density at radius 1 is 1.30 bits per heavy atom. The number of benzene rings is 1. The molecule has 2 aliphatic heterocycles. The first-order valence-electron chi connectivity index (χ1n) is 7.88. The zero-order valence-electron chi connectivity index (χ0n) is 13.7. The van der Waals surface area contributed by atoms with Crippen LogP contribution in [0.3, 0.4) is 0 Å². The molecule has 0 N–H and O–H groups in total. The van der Waals surface area contributed by atoms with Crippen molar-refractivity contribution in [1.82, 2.24) is 4.90 Å². The number of nitro benzene ring substituents is 1. The summed E-state index contributed by atoms with van der Waals surface area (Å²) in [6.07, 6.45) is 1.84. The fourth-order valence-corrected chi connectivity index (χ4v) is 4.46. The molecule has 2 aliphatic rings. The van der Waals surface area contributed by atoms with Crippen LogP contribution in [0.5, 0.6) is 0 Å². The summed E-state index contributed by atoms with van der Waals surface area (Å²) in [5, 5.41) is 16.0. The molecular formula is C18H12N2O5S2. The van der Waals surface area contributed by atoms with E-state index in [4.69, 9.17) is 4.74 Å². The lowest BCUT2D eigenvalue weighted by Crippen LogP contribution is -2.51. The molecule has 2 aromatic rings. The van der Waals surface area contributed by atoms with Gasteiger partial charge in [-0.3, -0.25) is 19.8 Å². The largest absolute Gasteiger partial charge is 0.456 e. The Kier molecular flexibility index (Phi) is 4.54. The molecule has 1 fully saturated rings. The van der Waals surface area contributed by atoms with Crippen LogP contribution in [-0.2, 0) is 20.9 Å². The van der Waals surface area contributed by atoms with Crippen molar-refractivity contribution in [2.24, 2.45) is 0 Å². The number of thiophene rings is 1. The molecule has 0 bridgehead atoms. The normalized spacial score (nSPS) is 19.5. The van der Waals surface area contributed by atoms with E-state index in [1.807, 2.05) is 22.9 Å². The van der Waals surface area contributed by atoms with Crippen molar-refractivity contribution >= 4 is 46.7 Å². The minimum absolute atomic E-state index is 0.0247. The van der Waals surface area contributed by atoms with Crippen molar-refractivity contribution in [2.45, 2.75) is 12.0 Å². The van der Waals surface area contributed by atoms with Crippen LogP contribution in [0.4, 0.5) is 5.69 Å². The van der Waals surface area contributed by atoms with Crippen molar-refractivity contribution in [3.05, 3.63) is 79.0 Å². The van der Waals surface area contributed by atoms with Gasteiger partial charge in [0.25, 0.3) is 11.6 Å². The first-order chi connectivity index (χ1) is 13.0. The molecule has 7 nitrogen and oxygen atoms in total. The quantitative estimate of drug-likeness (QED) is 0.251. The second-order valence-electron chi connectivity index (χ2n) is 5.82. The van der Waals surface area contributed by atoms with Crippen LogP contribution < -0.4 is 0 Å². The third kappa shape index (κ3) is 3.26. The summed E-state index contributed by atoms with van der Waals surface area (Å²) < 4.78 is 5.25. The molecule has 1 aromatic heterocycles. The van der Waals surface area contributed by atoms with Crippen LogP contribution in [0.15, 0.2) is 57.8 Å². The number of hydrogen-bond donors (Lipinski definition) is 0. The van der Waals surface area contributed by atoms with Crippen molar-refractivity contribution in [1.29, 1.82) is 0 Å². The van der Waals surface area contributed by atoms with Crippen LogP contribution in [0.1, 0.15) is 11.1 Å². The van der Waals surface area contributed by atoms with E-state index in [0.717, 1.165) is 5.56 Å². The molecule has 1 aromatic carbocycles. The topological polar surface area (TPSA) is 89.7 Å². The first kappa shape index (κ1) is 17.5. The second kappa shape index (κ2) is 7.01. The van der Waals surface area contributed by atoms with E-state index < -0.39 is 10.9 Å². The van der Waals surface area contributed by atoms with E-state index in [-0.39, 0.29) is 29.3 Å². The average Bonchev–Trinajstić information content (AvgIpc) is 3.32. The van der Waals surface area contributed by atoms with Crippen molar-refractivity contribution < 1.29 is 19.2 Å². The van der Waals surface area contributed by atoms with Gasteiger partial charge in [0.15, 0.2) is 0 Å². The Balaban J connectivity index is 1.38. The molecule has 1 atom stereocenters. The minimum atomic E-state index is -0.591. The lowest BCUT2D eigenvalue weighted by Gasteiger charge is -2.37. The summed E-state index contributed by atoms with van der Waals surface area (Å²) in [6, 6.07) is 7.69. The summed E-state index contributed by atoms with van der Waals surface area (Å²) in [6.45, 7) is -0.0247. The number of carbonyl (C=O) groups is 2. The molecule has 0 spiro atoms. The second-order valence-corrected chi connectivity index (χ2v) is 7.56. The van der Waals surface area contributed by atoms with Gasteiger partial charge in [-0.05, 0) is 46.2 Å². The van der Waals surface area contributed by atoms with Gasteiger partial charge in [-0.1, -0.05) is 0 Å². The Labute approximate surface area is 162 Å². The highest BCUT2D eigenvalue weighted by Crippen LogP contribution is 2.45. The molecule has 9 heteroatoms. The lowest BCUT2D eigenvalue weighted by atomic mass is 10.0. The van der Waals surface area contributed by atoms with E-state index in [1.165, 1.54) is 40.9 Å².